The molecule has 0 bridgehead atoms. The first-order chi connectivity index (χ1) is 3.72. The Balaban J connectivity index is 4.03. The van der Waals surface area contributed by atoms with Crippen molar-refractivity contribution in [2.75, 3.05) is 6.26 Å². The fraction of sp³-hybridized carbons (Fsp3) is 0.500. The molecule has 0 rings (SSSR count). The molecule has 0 heterocycles. The highest BCUT2D eigenvalue weighted by Gasteiger charge is 1.87. The highest BCUT2D eigenvalue weighted by molar-refractivity contribution is 8.02. The molecule has 1 nitrogen and oxygen atoms in total. The van der Waals surface area contributed by atoms with Gasteiger partial charge in [-0.3, -0.25) is 4.99 Å². The first-order valence-corrected chi connectivity index (χ1v) is 3.63. The minimum atomic E-state index is 1.03. The number of rotatable bonds is 2. The zero-order chi connectivity index (χ0) is 6.57. The van der Waals surface area contributed by atoms with Crippen LogP contribution in [-0.4, -0.2) is 13.0 Å². The predicted molar refractivity (Wildman–Crippen MR) is 41.4 cm³/mol. The van der Waals surface area contributed by atoms with Gasteiger partial charge in [-0.2, -0.15) is 0 Å². The maximum absolute atomic E-state index is 3.77. The second-order valence-electron chi connectivity index (χ2n) is 1.50. The van der Waals surface area contributed by atoms with Crippen molar-refractivity contribution in [3.05, 3.63) is 10.6 Å². The van der Waals surface area contributed by atoms with Crippen LogP contribution in [0.25, 0.3) is 0 Å². The van der Waals surface area contributed by atoms with Gasteiger partial charge in [-0.1, -0.05) is 0 Å². The van der Waals surface area contributed by atoms with Crippen LogP contribution >= 0.6 is 11.8 Å². The van der Waals surface area contributed by atoms with Gasteiger partial charge in [0.1, 0.15) is 0 Å². The number of thioether (sulfide) groups is 1. The molecule has 0 aliphatic carbocycles. The molecule has 8 heavy (non-hydrogen) atoms. The van der Waals surface area contributed by atoms with E-state index in [0.717, 1.165) is 5.70 Å². The summed E-state index contributed by atoms with van der Waals surface area (Å²) in [6.45, 7) is 7.40. The van der Waals surface area contributed by atoms with Gasteiger partial charge in [0.15, 0.2) is 0 Å². The minimum absolute atomic E-state index is 1.03. The van der Waals surface area contributed by atoms with Crippen molar-refractivity contribution in [2.45, 2.75) is 13.8 Å². The van der Waals surface area contributed by atoms with Crippen molar-refractivity contribution in [3.63, 3.8) is 0 Å². The quantitative estimate of drug-likeness (QED) is 0.521. The van der Waals surface area contributed by atoms with Crippen molar-refractivity contribution >= 4 is 18.5 Å². The summed E-state index contributed by atoms with van der Waals surface area (Å²) < 4.78 is 0. The van der Waals surface area contributed by atoms with Crippen LogP contribution in [0.2, 0.25) is 0 Å². The summed E-state index contributed by atoms with van der Waals surface area (Å²) >= 11 is 1.70. The Kier molecular flexibility index (Phi) is 3.61. The van der Waals surface area contributed by atoms with E-state index < -0.39 is 0 Å². The third-order valence-electron chi connectivity index (χ3n) is 1.05. The summed E-state index contributed by atoms with van der Waals surface area (Å²) in [6, 6.07) is 0. The zero-order valence-corrected chi connectivity index (χ0v) is 6.38. The molecule has 0 fully saturated rings. The van der Waals surface area contributed by atoms with E-state index in [0.29, 0.717) is 0 Å². The molecular formula is C6H11NS. The van der Waals surface area contributed by atoms with Crippen LogP contribution in [0, 0.1) is 0 Å². The topological polar surface area (TPSA) is 12.4 Å². The third-order valence-corrected chi connectivity index (χ3v) is 1.96. The van der Waals surface area contributed by atoms with Crippen molar-refractivity contribution in [1.82, 2.24) is 0 Å². The lowest BCUT2D eigenvalue weighted by molar-refractivity contribution is 1.29. The molecule has 0 amide bonds. The van der Waals surface area contributed by atoms with Gasteiger partial charge in [-0.25, -0.2) is 0 Å². The van der Waals surface area contributed by atoms with Crippen LogP contribution in [0.3, 0.4) is 0 Å². The average Bonchev–Trinajstić information content (AvgIpc) is 1.84. The normalized spacial score (nSPS) is 12.9. The molecule has 0 aliphatic rings. The van der Waals surface area contributed by atoms with Gasteiger partial charge >= 0.3 is 0 Å². The summed E-state index contributed by atoms with van der Waals surface area (Å²) in [5.41, 5.74) is 1.03. The van der Waals surface area contributed by atoms with Crippen molar-refractivity contribution < 1.29 is 0 Å². The van der Waals surface area contributed by atoms with Gasteiger partial charge in [0.25, 0.3) is 0 Å². The molecule has 0 aromatic heterocycles. The van der Waals surface area contributed by atoms with Gasteiger partial charge in [0.2, 0.25) is 0 Å². The Morgan fingerprint density at radius 2 is 2.00 bits per heavy atom. The number of allylic oxidation sites excluding steroid dienone is 2. The van der Waals surface area contributed by atoms with Crippen LogP contribution in [0.5, 0.6) is 0 Å². The van der Waals surface area contributed by atoms with Crippen LogP contribution in [0.4, 0.5) is 0 Å². The molecular weight excluding hydrogens is 118 g/mol. The van der Waals surface area contributed by atoms with E-state index >= 15 is 0 Å². The van der Waals surface area contributed by atoms with Crippen molar-refractivity contribution in [1.29, 1.82) is 0 Å². The Hall–Kier alpha value is -0.240. The van der Waals surface area contributed by atoms with E-state index in [-0.39, 0.29) is 0 Å². The Bertz CT molecular complexity index is 116. The summed E-state index contributed by atoms with van der Waals surface area (Å²) in [4.78, 5) is 5.00. The molecule has 0 aromatic carbocycles. The highest BCUT2D eigenvalue weighted by Crippen LogP contribution is 2.14. The number of aliphatic imine (C=N–C) groups is 1. The molecule has 0 radical (unpaired) electrons. The van der Waals surface area contributed by atoms with E-state index in [1.54, 1.807) is 11.8 Å². The third kappa shape index (κ3) is 2.17. The molecule has 0 atom stereocenters. The summed E-state index contributed by atoms with van der Waals surface area (Å²) in [5, 5.41) is 0. The van der Waals surface area contributed by atoms with Crippen molar-refractivity contribution in [2.24, 2.45) is 4.99 Å². The molecule has 0 spiro atoms. The largest absolute Gasteiger partial charge is 0.269 e. The van der Waals surface area contributed by atoms with E-state index in [1.807, 2.05) is 20.1 Å². The molecule has 0 saturated heterocycles. The van der Waals surface area contributed by atoms with Crippen molar-refractivity contribution in [3.8, 4) is 0 Å². The molecule has 0 aromatic rings. The Morgan fingerprint density at radius 3 is 2.12 bits per heavy atom. The molecule has 2 heteroatoms. The second kappa shape index (κ2) is 3.72. The number of hydrogen-bond donors (Lipinski definition) is 0. The number of hydrogen-bond acceptors (Lipinski definition) is 2. The standard InChI is InChI=1S/C6H11NS/c1-5(7-3)6(2)8-4/h3H2,1-2,4H3/b6-5-. The maximum Gasteiger partial charge on any atom is 0.0457 e. The van der Waals surface area contributed by atoms with Gasteiger partial charge in [0, 0.05) is 10.6 Å². The first kappa shape index (κ1) is 7.76. The van der Waals surface area contributed by atoms with Crippen LogP contribution < -0.4 is 0 Å². The minimum Gasteiger partial charge on any atom is -0.269 e. The molecule has 0 N–H and O–H groups in total. The van der Waals surface area contributed by atoms with Crippen LogP contribution in [-0.2, 0) is 0 Å². The lowest BCUT2D eigenvalue weighted by atomic mass is 10.5. The fourth-order valence-corrected chi connectivity index (χ4v) is 0.619. The van der Waals surface area contributed by atoms with Gasteiger partial charge < -0.3 is 0 Å². The monoisotopic (exact) mass is 129 g/mol. The van der Waals surface area contributed by atoms with Crippen LogP contribution in [0.15, 0.2) is 15.6 Å². The summed E-state index contributed by atoms with van der Waals surface area (Å²) in [7, 11) is 0. The zero-order valence-electron chi connectivity index (χ0n) is 5.56. The first-order valence-electron chi connectivity index (χ1n) is 2.40. The Morgan fingerprint density at radius 1 is 1.50 bits per heavy atom. The van der Waals surface area contributed by atoms with Crippen LogP contribution in [0.1, 0.15) is 13.8 Å². The van der Waals surface area contributed by atoms with E-state index in [1.165, 1.54) is 4.91 Å². The fourth-order valence-electron chi connectivity index (χ4n) is 0.259. The predicted octanol–water partition coefficient (Wildman–Crippen LogP) is 2.30. The molecule has 0 aliphatic heterocycles. The van der Waals surface area contributed by atoms with E-state index in [2.05, 4.69) is 11.7 Å². The summed E-state index contributed by atoms with van der Waals surface area (Å²) in [6.07, 6.45) is 2.03. The number of nitrogens with zero attached hydrogens (tertiary/aromatic N) is 1. The van der Waals surface area contributed by atoms with Gasteiger partial charge in [0.05, 0.1) is 0 Å². The van der Waals surface area contributed by atoms with E-state index in [4.69, 9.17) is 0 Å². The average molecular weight is 129 g/mol. The maximum atomic E-state index is 3.77. The second-order valence-corrected chi connectivity index (χ2v) is 2.52. The molecule has 46 valence electrons. The smallest absolute Gasteiger partial charge is 0.0457 e. The molecule has 0 saturated carbocycles. The lowest BCUT2D eigenvalue weighted by Crippen LogP contribution is -1.71. The van der Waals surface area contributed by atoms with E-state index in [9.17, 15) is 0 Å². The molecule has 0 unspecified atom stereocenters. The SMILES string of the molecule is C=N/C(C)=C(/C)SC. The highest BCUT2D eigenvalue weighted by atomic mass is 32.2. The van der Waals surface area contributed by atoms with Gasteiger partial charge in [-0.15, -0.1) is 11.8 Å². The summed E-state index contributed by atoms with van der Waals surface area (Å²) in [5.74, 6) is 0. The Labute approximate surface area is 54.9 Å². The lowest BCUT2D eigenvalue weighted by Gasteiger charge is -1.94. The van der Waals surface area contributed by atoms with Gasteiger partial charge in [-0.05, 0) is 26.8 Å².